The van der Waals surface area contributed by atoms with Gasteiger partial charge in [-0.2, -0.15) is 0 Å². The molecule has 0 radical (unpaired) electrons. The van der Waals surface area contributed by atoms with Gasteiger partial charge in [0, 0.05) is 6.54 Å². The Balaban J connectivity index is 2.17. The molecule has 1 aromatic rings. The summed E-state index contributed by atoms with van der Waals surface area (Å²) in [6.45, 7) is 2.99. The molecule has 0 aliphatic rings. The fourth-order valence-corrected chi connectivity index (χ4v) is 1.86. The Labute approximate surface area is 115 Å². The van der Waals surface area contributed by atoms with Crippen molar-refractivity contribution in [1.82, 2.24) is 10.2 Å². The third kappa shape index (κ3) is 7.59. The topological polar surface area (TPSA) is 52.6 Å². The molecule has 0 amide bonds. The molecule has 0 saturated carbocycles. The summed E-state index contributed by atoms with van der Waals surface area (Å²) >= 11 is 0. The van der Waals surface area contributed by atoms with Crippen molar-refractivity contribution in [2.45, 2.75) is 25.8 Å². The first-order valence-corrected chi connectivity index (χ1v) is 6.73. The van der Waals surface area contributed by atoms with E-state index in [0.717, 1.165) is 25.2 Å². The number of unbranched alkanes of at least 4 members (excludes halogenated alkanes) is 1. The van der Waals surface area contributed by atoms with Gasteiger partial charge in [0.25, 0.3) is 0 Å². The molecule has 0 atom stereocenters. The van der Waals surface area contributed by atoms with Crippen LogP contribution in [-0.4, -0.2) is 43.2 Å². The molecule has 106 valence electrons. The Kier molecular flexibility index (Phi) is 7.15. The van der Waals surface area contributed by atoms with Gasteiger partial charge in [0.05, 0.1) is 6.42 Å². The van der Waals surface area contributed by atoms with Crippen LogP contribution in [0, 0.1) is 0 Å². The fourth-order valence-electron chi connectivity index (χ4n) is 1.86. The van der Waals surface area contributed by atoms with E-state index in [-0.39, 0.29) is 6.42 Å². The fraction of sp³-hybridized carbons (Fsp3) is 0.533. The maximum atomic E-state index is 10.6. The van der Waals surface area contributed by atoms with E-state index in [1.165, 1.54) is 18.4 Å². The van der Waals surface area contributed by atoms with Crippen molar-refractivity contribution in [3.05, 3.63) is 35.4 Å². The zero-order valence-corrected chi connectivity index (χ0v) is 11.9. The van der Waals surface area contributed by atoms with Crippen molar-refractivity contribution in [3.63, 3.8) is 0 Å². The number of carboxylic acid groups (broad SMARTS) is 1. The Hall–Kier alpha value is -1.39. The second kappa shape index (κ2) is 8.67. The number of hydrogen-bond donors (Lipinski definition) is 2. The molecule has 1 rings (SSSR count). The lowest BCUT2D eigenvalue weighted by Gasteiger charge is -2.09. The normalized spacial score (nSPS) is 10.9. The van der Waals surface area contributed by atoms with Gasteiger partial charge in [-0.15, -0.1) is 0 Å². The van der Waals surface area contributed by atoms with Crippen LogP contribution < -0.4 is 5.32 Å². The van der Waals surface area contributed by atoms with E-state index < -0.39 is 5.97 Å². The molecule has 19 heavy (non-hydrogen) atoms. The SMILES string of the molecule is CN(C)CCCCNCc1ccc(CC(=O)O)cc1. The highest BCUT2D eigenvalue weighted by atomic mass is 16.4. The van der Waals surface area contributed by atoms with E-state index in [1.54, 1.807) is 0 Å². The standard InChI is InChI=1S/C15H24N2O2/c1-17(2)10-4-3-9-16-12-14-7-5-13(6-8-14)11-15(18)19/h5-8,16H,3-4,9-12H2,1-2H3,(H,18,19). The highest BCUT2D eigenvalue weighted by Crippen LogP contribution is 2.05. The van der Waals surface area contributed by atoms with Gasteiger partial charge in [-0.25, -0.2) is 0 Å². The van der Waals surface area contributed by atoms with Crippen LogP contribution >= 0.6 is 0 Å². The molecule has 0 aliphatic carbocycles. The lowest BCUT2D eigenvalue weighted by Crippen LogP contribution is -2.18. The molecule has 0 bridgehead atoms. The smallest absolute Gasteiger partial charge is 0.307 e. The molecule has 0 heterocycles. The Bertz CT molecular complexity index is 374. The zero-order valence-electron chi connectivity index (χ0n) is 11.9. The van der Waals surface area contributed by atoms with Crippen LogP contribution in [0.4, 0.5) is 0 Å². The van der Waals surface area contributed by atoms with Gasteiger partial charge < -0.3 is 15.3 Å². The van der Waals surface area contributed by atoms with Gasteiger partial charge in [-0.1, -0.05) is 24.3 Å². The third-order valence-corrected chi connectivity index (χ3v) is 2.92. The predicted octanol–water partition coefficient (Wildman–Crippen LogP) is 1.75. The summed E-state index contributed by atoms with van der Waals surface area (Å²) in [7, 11) is 4.18. The first-order chi connectivity index (χ1) is 9.08. The first kappa shape index (κ1) is 15.7. The van der Waals surface area contributed by atoms with Crippen molar-refractivity contribution >= 4 is 5.97 Å². The summed E-state index contributed by atoms with van der Waals surface area (Å²) in [5.74, 6) is -0.785. The maximum Gasteiger partial charge on any atom is 0.307 e. The van der Waals surface area contributed by atoms with E-state index in [4.69, 9.17) is 5.11 Å². The molecule has 0 spiro atoms. The molecular formula is C15H24N2O2. The summed E-state index contributed by atoms with van der Waals surface area (Å²) in [4.78, 5) is 12.8. The van der Waals surface area contributed by atoms with E-state index in [2.05, 4.69) is 24.3 Å². The lowest BCUT2D eigenvalue weighted by atomic mass is 10.1. The van der Waals surface area contributed by atoms with Crippen molar-refractivity contribution in [2.75, 3.05) is 27.2 Å². The minimum absolute atomic E-state index is 0.0955. The number of rotatable bonds is 9. The summed E-state index contributed by atoms with van der Waals surface area (Å²) in [5.41, 5.74) is 2.05. The van der Waals surface area contributed by atoms with Crippen LogP contribution in [0.15, 0.2) is 24.3 Å². The number of carboxylic acids is 1. The summed E-state index contributed by atoms with van der Waals surface area (Å²) in [5, 5.41) is 12.1. The molecule has 0 fully saturated rings. The van der Waals surface area contributed by atoms with Crippen LogP contribution in [-0.2, 0) is 17.8 Å². The van der Waals surface area contributed by atoms with Gasteiger partial charge in [0.15, 0.2) is 0 Å². The quantitative estimate of drug-likeness (QED) is 0.667. The average Bonchev–Trinajstić information content (AvgIpc) is 2.34. The van der Waals surface area contributed by atoms with Gasteiger partial charge >= 0.3 is 5.97 Å². The molecule has 0 saturated heterocycles. The van der Waals surface area contributed by atoms with Crippen LogP contribution in [0.5, 0.6) is 0 Å². The van der Waals surface area contributed by atoms with Crippen LogP contribution in [0.25, 0.3) is 0 Å². The first-order valence-electron chi connectivity index (χ1n) is 6.73. The predicted molar refractivity (Wildman–Crippen MR) is 77.3 cm³/mol. The van der Waals surface area contributed by atoms with Gasteiger partial charge in [-0.05, 0) is 51.2 Å². The number of benzene rings is 1. The summed E-state index contributed by atoms with van der Waals surface area (Å²) in [6, 6.07) is 7.75. The molecule has 0 aliphatic heterocycles. The van der Waals surface area contributed by atoms with Crippen molar-refractivity contribution < 1.29 is 9.90 Å². The molecule has 1 aromatic carbocycles. The van der Waals surface area contributed by atoms with Crippen molar-refractivity contribution in [3.8, 4) is 0 Å². The third-order valence-electron chi connectivity index (χ3n) is 2.92. The van der Waals surface area contributed by atoms with Crippen LogP contribution in [0.3, 0.4) is 0 Å². The number of nitrogens with one attached hydrogen (secondary N) is 1. The van der Waals surface area contributed by atoms with Gasteiger partial charge in [0.2, 0.25) is 0 Å². The Morgan fingerprint density at radius 2 is 1.79 bits per heavy atom. The zero-order chi connectivity index (χ0) is 14.1. The van der Waals surface area contributed by atoms with E-state index >= 15 is 0 Å². The molecule has 0 aromatic heterocycles. The summed E-state index contributed by atoms with van der Waals surface area (Å²) < 4.78 is 0. The number of aliphatic carboxylic acids is 1. The average molecular weight is 264 g/mol. The van der Waals surface area contributed by atoms with Crippen LogP contribution in [0.1, 0.15) is 24.0 Å². The largest absolute Gasteiger partial charge is 0.481 e. The van der Waals surface area contributed by atoms with E-state index in [9.17, 15) is 4.79 Å². The van der Waals surface area contributed by atoms with Crippen LogP contribution in [0.2, 0.25) is 0 Å². The Morgan fingerprint density at radius 3 is 2.37 bits per heavy atom. The number of nitrogens with zero attached hydrogens (tertiary/aromatic N) is 1. The van der Waals surface area contributed by atoms with Crippen molar-refractivity contribution in [1.29, 1.82) is 0 Å². The Morgan fingerprint density at radius 1 is 1.16 bits per heavy atom. The van der Waals surface area contributed by atoms with Gasteiger partial charge in [-0.3, -0.25) is 4.79 Å². The molecule has 4 heteroatoms. The second-order valence-electron chi connectivity index (χ2n) is 5.07. The number of carbonyl (C=O) groups is 1. The lowest BCUT2D eigenvalue weighted by molar-refractivity contribution is -0.136. The molecule has 0 unspecified atom stereocenters. The molecular weight excluding hydrogens is 240 g/mol. The highest BCUT2D eigenvalue weighted by molar-refractivity contribution is 5.70. The van der Waals surface area contributed by atoms with E-state index in [1.807, 2.05) is 24.3 Å². The molecule has 4 nitrogen and oxygen atoms in total. The maximum absolute atomic E-state index is 10.6. The van der Waals surface area contributed by atoms with Crippen molar-refractivity contribution in [2.24, 2.45) is 0 Å². The minimum Gasteiger partial charge on any atom is -0.481 e. The monoisotopic (exact) mass is 264 g/mol. The number of hydrogen-bond acceptors (Lipinski definition) is 3. The summed E-state index contributed by atoms with van der Waals surface area (Å²) in [6.07, 6.45) is 2.48. The minimum atomic E-state index is -0.785. The second-order valence-corrected chi connectivity index (χ2v) is 5.07. The molecule has 2 N–H and O–H groups in total. The van der Waals surface area contributed by atoms with E-state index in [0.29, 0.717) is 0 Å². The highest BCUT2D eigenvalue weighted by Gasteiger charge is 2.00. The van der Waals surface area contributed by atoms with Gasteiger partial charge in [0.1, 0.15) is 0 Å².